The third-order valence-corrected chi connectivity index (χ3v) is 1.63. The van der Waals surface area contributed by atoms with E-state index < -0.39 is 0 Å². The third kappa shape index (κ3) is 2.45. The van der Waals surface area contributed by atoms with Gasteiger partial charge in [-0.3, -0.25) is 4.79 Å². The molecule has 1 rings (SSSR count). The van der Waals surface area contributed by atoms with Crippen LogP contribution in [0.1, 0.15) is 10.4 Å². The summed E-state index contributed by atoms with van der Waals surface area (Å²) in [7, 11) is 0. The second-order valence-electron chi connectivity index (χ2n) is 2.61. The molecule has 1 aromatic rings. The Morgan fingerprint density at radius 3 is 2.85 bits per heavy atom. The van der Waals surface area contributed by atoms with Crippen molar-refractivity contribution in [3.8, 4) is 5.75 Å². The van der Waals surface area contributed by atoms with Crippen LogP contribution in [0.25, 0.3) is 0 Å². The van der Waals surface area contributed by atoms with Crippen LogP contribution in [0.3, 0.4) is 0 Å². The van der Waals surface area contributed by atoms with Crippen LogP contribution in [0.4, 0.5) is 5.69 Å². The zero-order valence-electron chi connectivity index (χ0n) is 7.16. The van der Waals surface area contributed by atoms with Crippen molar-refractivity contribution in [2.24, 2.45) is 5.73 Å². The molecule has 4 nitrogen and oxygen atoms in total. The number of hydrogen-bond donors (Lipinski definition) is 3. The number of carbonyl (C=O) groups excluding carboxylic acids is 1. The zero-order chi connectivity index (χ0) is 9.68. The van der Waals surface area contributed by atoms with Crippen LogP contribution in [0, 0.1) is 0 Å². The summed E-state index contributed by atoms with van der Waals surface area (Å²) in [6, 6.07) is 4.78. The first-order chi connectivity index (χ1) is 6.27. The Labute approximate surface area is 76.4 Å². The quantitative estimate of drug-likeness (QED) is 0.592. The Kier molecular flexibility index (Phi) is 3.28. The summed E-state index contributed by atoms with van der Waals surface area (Å²) in [5.41, 5.74) is 6.34. The fourth-order valence-corrected chi connectivity index (χ4v) is 0.970. The average Bonchev–Trinajstić information content (AvgIpc) is 2.15. The van der Waals surface area contributed by atoms with Crippen molar-refractivity contribution >= 4 is 12.0 Å². The molecule has 0 aromatic heterocycles. The van der Waals surface area contributed by atoms with E-state index in [1.165, 1.54) is 6.07 Å². The fraction of sp³-hybridized carbons (Fsp3) is 0.222. The molecule has 0 saturated heterocycles. The molecule has 70 valence electrons. The highest BCUT2D eigenvalue weighted by Crippen LogP contribution is 2.19. The molecule has 0 aliphatic rings. The molecule has 0 heterocycles. The first-order valence-electron chi connectivity index (χ1n) is 4.00. The van der Waals surface area contributed by atoms with Crippen LogP contribution in [-0.2, 0) is 0 Å². The number of nitrogens with two attached hydrogens (primary N) is 1. The van der Waals surface area contributed by atoms with Gasteiger partial charge in [0, 0.05) is 24.8 Å². The number of rotatable bonds is 4. The van der Waals surface area contributed by atoms with Gasteiger partial charge in [-0.1, -0.05) is 0 Å². The smallest absolute Gasteiger partial charge is 0.153 e. The van der Waals surface area contributed by atoms with Crippen molar-refractivity contribution in [2.45, 2.75) is 0 Å². The summed E-state index contributed by atoms with van der Waals surface area (Å²) in [4.78, 5) is 10.4. The van der Waals surface area contributed by atoms with E-state index in [4.69, 9.17) is 5.73 Å². The van der Waals surface area contributed by atoms with Gasteiger partial charge in [-0.05, 0) is 12.1 Å². The Balaban J connectivity index is 2.77. The van der Waals surface area contributed by atoms with Gasteiger partial charge in [-0.25, -0.2) is 0 Å². The monoisotopic (exact) mass is 180 g/mol. The molecule has 0 aliphatic heterocycles. The molecular formula is C9H12N2O2. The maximum atomic E-state index is 10.4. The molecule has 1 aromatic carbocycles. The number of anilines is 1. The van der Waals surface area contributed by atoms with E-state index >= 15 is 0 Å². The third-order valence-electron chi connectivity index (χ3n) is 1.63. The van der Waals surface area contributed by atoms with Gasteiger partial charge in [0.15, 0.2) is 6.29 Å². The molecule has 0 atom stereocenters. The van der Waals surface area contributed by atoms with Crippen LogP contribution in [0.2, 0.25) is 0 Å². The van der Waals surface area contributed by atoms with Crippen molar-refractivity contribution in [1.82, 2.24) is 0 Å². The predicted molar refractivity (Wildman–Crippen MR) is 51.0 cm³/mol. The number of hydrogen-bond acceptors (Lipinski definition) is 4. The van der Waals surface area contributed by atoms with E-state index in [9.17, 15) is 9.90 Å². The first-order valence-corrected chi connectivity index (χ1v) is 4.00. The molecule has 13 heavy (non-hydrogen) atoms. The molecule has 0 amide bonds. The van der Waals surface area contributed by atoms with Crippen LogP contribution in [0.15, 0.2) is 18.2 Å². The molecule has 0 saturated carbocycles. The highest BCUT2D eigenvalue weighted by atomic mass is 16.3. The van der Waals surface area contributed by atoms with Gasteiger partial charge < -0.3 is 16.2 Å². The van der Waals surface area contributed by atoms with Gasteiger partial charge in [0.1, 0.15) is 5.75 Å². The molecule has 0 spiro atoms. The van der Waals surface area contributed by atoms with Gasteiger partial charge in [-0.15, -0.1) is 0 Å². The van der Waals surface area contributed by atoms with Crippen LogP contribution in [-0.4, -0.2) is 24.5 Å². The Morgan fingerprint density at radius 2 is 2.31 bits per heavy atom. The van der Waals surface area contributed by atoms with Crippen molar-refractivity contribution in [3.05, 3.63) is 23.8 Å². The molecule has 0 radical (unpaired) electrons. The number of phenols is 1. The van der Waals surface area contributed by atoms with Gasteiger partial charge in [-0.2, -0.15) is 0 Å². The maximum absolute atomic E-state index is 10.4. The number of carbonyl (C=O) groups is 1. The molecule has 0 fully saturated rings. The lowest BCUT2D eigenvalue weighted by Crippen LogP contribution is -2.12. The van der Waals surface area contributed by atoms with E-state index in [0.717, 1.165) is 5.69 Å². The average molecular weight is 180 g/mol. The van der Waals surface area contributed by atoms with Gasteiger partial charge in [0.2, 0.25) is 0 Å². The lowest BCUT2D eigenvalue weighted by molar-refractivity contribution is 0.112. The molecular weight excluding hydrogens is 168 g/mol. The van der Waals surface area contributed by atoms with E-state index in [2.05, 4.69) is 5.32 Å². The van der Waals surface area contributed by atoms with Crippen LogP contribution < -0.4 is 11.1 Å². The normalized spacial score (nSPS) is 9.62. The van der Waals surface area contributed by atoms with Crippen LogP contribution in [0.5, 0.6) is 5.75 Å². The summed E-state index contributed by atoms with van der Waals surface area (Å²) < 4.78 is 0. The van der Waals surface area contributed by atoms with Crippen LogP contribution >= 0.6 is 0 Å². The van der Waals surface area contributed by atoms with E-state index in [1.54, 1.807) is 12.1 Å². The summed E-state index contributed by atoms with van der Waals surface area (Å²) in [6.07, 6.45) is 0.613. The topological polar surface area (TPSA) is 75.3 Å². The van der Waals surface area contributed by atoms with Gasteiger partial charge in [0.05, 0.1) is 5.56 Å². The van der Waals surface area contributed by atoms with Crippen molar-refractivity contribution in [3.63, 3.8) is 0 Å². The Morgan fingerprint density at radius 1 is 1.54 bits per heavy atom. The van der Waals surface area contributed by atoms with E-state index in [1.807, 2.05) is 0 Å². The Hall–Kier alpha value is -1.55. The van der Waals surface area contributed by atoms with Gasteiger partial charge >= 0.3 is 0 Å². The minimum Gasteiger partial charge on any atom is -0.507 e. The largest absolute Gasteiger partial charge is 0.507 e. The van der Waals surface area contributed by atoms with Crippen molar-refractivity contribution < 1.29 is 9.90 Å². The van der Waals surface area contributed by atoms with Crippen molar-refractivity contribution in [1.29, 1.82) is 0 Å². The fourth-order valence-electron chi connectivity index (χ4n) is 0.970. The van der Waals surface area contributed by atoms with E-state index in [0.29, 0.717) is 24.9 Å². The molecule has 0 bridgehead atoms. The molecule has 4 heteroatoms. The lowest BCUT2D eigenvalue weighted by Gasteiger charge is -2.05. The maximum Gasteiger partial charge on any atom is 0.153 e. The SMILES string of the molecule is NCCNc1ccc(C=O)c(O)c1. The second kappa shape index (κ2) is 4.47. The van der Waals surface area contributed by atoms with E-state index in [-0.39, 0.29) is 5.75 Å². The number of nitrogens with one attached hydrogen (secondary N) is 1. The number of aldehydes is 1. The van der Waals surface area contributed by atoms with Gasteiger partial charge in [0.25, 0.3) is 0 Å². The second-order valence-corrected chi connectivity index (χ2v) is 2.61. The first kappa shape index (κ1) is 9.54. The summed E-state index contributed by atoms with van der Waals surface area (Å²) >= 11 is 0. The summed E-state index contributed by atoms with van der Waals surface area (Å²) in [5.74, 6) is -0.0166. The molecule has 4 N–H and O–H groups in total. The minimum absolute atomic E-state index is 0.0166. The summed E-state index contributed by atoms with van der Waals surface area (Å²) in [6.45, 7) is 1.16. The number of aromatic hydroxyl groups is 1. The molecule has 0 aliphatic carbocycles. The standard InChI is InChI=1S/C9H12N2O2/c10-3-4-11-8-2-1-7(6-12)9(13)5-8/h1-2,5-6,11,13H,3-4,10H2. The lowest BCUT2D eigenvalue weighted by atomic mass is 10.2. The number of benzene rings is 1. The van der Waals surface area contributed by atoms with Crippen molar-refractivity contribution in [2.75, 3.05) is 18.4 Å². The molecule has 0 unspecified atom stereocenters. The number of phenolic OH excluding ortho intramolecular Hbond substituents is 1. The minimum atomic E-state index is -0.0166. The Bertz CT molecular complexity index is 300. The highest BCUT2D eigenvalue weighted by molar-refractivity contribution is 5.80. The highest BCUT2D eigenvalue weighted by Gasteiger charge is 1.99. The predicted octanol–water partition coefficient (Wildman–Crippen LogP) is 0.575. The summed E-state index contributed by atoms with van der Waals surface area (Å²) in [5, 5.41) is 12.3. The zero-order valence-corrected chi connectivity index (χ0v) is 7.16.